The van der Waals surface area contributed by atoms with Gasteiger partial charge in [0, 0.05) is 28.9 Å². The van der Waals surface area contributed by atoms with Crippen molar-refractivity contribution in [2.45, 2.75) is 25.1 Å². The number of hydrogen-bond acceptors (Lipinski definition) is 4. The second-order valence-corrected chi connectivity index (χ2v) is 6.27. The number of rotatable bonds is 8. The van der Waals surface area contributed by atoms with E-state index < -0.39 is 10.8 Å². The highest BCUT2D eigenvalue weighted by Crippen LogP contribution is 2.27. The molecule has 108 valence electrons. The molecule has 19 heavy (non-hydrogen) atoms. The van der Waals surface area contributed by atoms with E-state index in [1.165, 1.54) is 0 Å². The van der Waals surface area contributed by atoms with Crippen LogP contribution < -0.4 is 14.8 Å². The summed E-state index contributed by atoms with van der Waals surface area (Å²) in [5.74, 6) is 1.48. The number of ether oxygens (including phenoxy) is 2. The van der Waals surface area contributed by atoms with Gasteiger partial charge in [-0.15, -0.1) is 0 Å². The molecular weight excluding hydrogens is 262 g/mol. The third-order valence-corrected chi connectivity index (χ3v) is 4.44. The normalized spacial score (nSPS) is 13.9. The van der Waals surface area contributed by atoms with Gasteiger partial charge in [-0.1, -0.05) is 13.0 Å². The standard InChI is InChI=1S/C14H23NO3S/c1-11(19(4)16)7-8-15-10-12-5-6-13(17-2)14(9-12)18-3/h5-6,9,11,15H,7-8,10H2,1-4H3. The van der Waals surface area contributed by atoms with Gasteiger partial charge in [0.15, 0.2) is 11.5 Å². The SMILES string of the molecule is COc1ccc(CNCCC(C)S(C)=O)cc1OC. The molecule has 0 amide bonds. The summed E-state index contributed by atoms with van der Waals surface area (Å²) in [7, 11) is 2.52. The summed E-state index contributed by atoms with van der Waals surface area (Å²) in [5.41, 5.74) is 1.14. The molecule has 5 heteroatoms. The lowest BCUT2D eigenvalue weighted by atomic mass is 10.2. The number of nitrogens with one attached hydrogen (secondary N) is 1. The van der Waals surface area contributed by atoms with Crippen molar-refractivity contribution in [2.24, 2.45) is 0 Å². The van der Waals surface area contributed by atoms with E-state index in [0.717, 1.165) is 36.6 Å². The van der Waals surface area contributed by atoms with Crippen molar-refractivity contribution in [3.05, 3.63) is 23.8 Å². The summed E-state index contributed by atoms with van der Waals surface area (Å²) in [6, 6.07) is 5.88. The Morgan fingerprint density at radius 1 is 1.26 bits per heavy atom. The van der Waals surface area contributed by atoms with E-state index in [0.29, 0.717) is 0 Å². The van der Waals surface area contributed by atoms with Crippen molar-refractivity contribution in [1.29, 1.82) is 0 Å². The fraction of sp³-hybridized carbons (Fsp3) is 0.571. The van der Waals surface area contributed by atoms with Crippen LogP contribution in [0.5, 0.6) is 11.5 Å². The van der Waals surface area contributed by atoms with Crippen LogP contribution in [0, 0.1) is 0 Å². The first-order valence-corrected chi connectivity index (χ1v) is 7.94. The Balaban J connectivity index is 2.43. The molecule has 0 heterocycles. The highest BCUT2D eigenvalue weighted by atomic mass is 32.2. The molecule has 0 spiro atoms. The minimum absolute atomic E-state index is 0.234. The Kier molecular flexibility index (Phi) is 6.87. The smallest absolute Gasteiger partial charge is 0.161 e. The van der Waals surface area contributed by atoms with Crippen molar-refractivity contribution in [3.63, 3.8) is 0 Å². The van der Waals surface area contributed by atoms with Crippen LogP contribution in [0.15, 0.2) is 18.2 Å². The van der Waals surface area contributed by atoms with E-state index in [1.807, 2.05) is 25.1 Å². The van der Waals surface area contributed by atoms with Crippen LogP contribution in [0.25, 0.3) is 0 Å². The third kappa shape index (κ3) is 5.20. The number of benzene rings is 1. The van der Waals surface area contributed by atoms with Crippen molar-refractivity contribution < 1.29 is 13.7 Å². The summed E-state index contributed by atoms with van der Waals surface area (Å²) in [4.78, 5) is 0. The van der Waals surface area contributed by atoms with Gasteiger partial charge in [-0.2, -0.15) is 0 Å². The summed E-state index contributed by atoms with van der Waals surface area (Å²) in [6.07, 6.45) is 2.66. The van der Waals surface area contributed by atoms with Crippen molar-refractivity contribution in [1.82, 2.24) is 5.32 Å². The van der Waals surface area contributed by atoms with Gasteiger partial charge in [0.25, 0.3) is 0 Å². The van der Waals surface area contributed by atoms with Crippen LogP contribution in [0.2, 0.25) is 0 Å². The molecule has 2 atom stereocenters. The van der Waals surface area contributed by atoms with Gasteiger partial charge in [0.05, 0.1) is 14.2 Å². The van der Waals surface area contributed by atoms with Gasteiger partial charge in [0.1, 0.15) is 0 Å². The van der Waals surface area contributed by atoms with Gasteiger partial charge >= 0.3 is 0 Å². The van der Waals surface area contributed by atoms with Gasteiger partial charge < -0.3 is 14.8 Å². The first kappa shape index (κ1) is 16.0. The Morgan fingerprint density at radius 2 is 1.95 bits per heavy atom. The molecule has 1 N–H and O–H groups in total. The van der Waals surface area contributed by atoms with Crippen LogP contribution in [-0.4, -0.2) is 36.5 Å². The second kappa shape index (κ2) is 8.17. The second-order valence-electron chi connectivity index (χ2n) is 4.46. The average molecular weight is 285 g/mol. The van der Waals surface area contributed by atoms with E-state index in [2.05, 4.69) is 5.32 Å². The summed E-state index contributed by atoms with van der Waals surface area (Å²) in [5, 5.41) is 3.58. The largest absolute Gasteiger partial charge is 0.493 e. The molecule has 0 aliphatic heterocycles. The molecule has 0 radical (unpaired) electrons. The molecular formula is C14H23NO3S. The number of hydrogen-bond donors (Lipinski definition) is 1. The zero-order valence-electron chi connectivity index (χ0n) is 12.1. The van der Waals surface area contributed by atoms with Gasteiger partial charge in [-0.3, -0.25) is 4.21 Å². The minimum Gasteiger partial charge on any atom is -0.493 e. The lowest BCUT2D eigenvalue weighted by Gasteiger charge is -2.11. The van der Waals surface area contributed by atoms with E-state index in [1.54, 1.807) is 20.5 Å². The van der Waals surface area contributed by atoms with E-state index in [4.69, 9.17) is 9.47 Å². The fourth-order valence-corrected chi connectivity index (χ4v) is 2.14. The topological polar surface area (TPSA) is 47.6 Å². The van der Waals surface area contributed by atoms with Gasteiger partial charge in [-0.05, 0) is 30.7 Å². The van der Waals surface area contributed by atoms with Crippen LogP contribution in [-0.2, 0) is 17.3 Å². The zero-order chi connectivity index (χ0) is 14.3. The molecule has 0 aliphatic carbocycles. The van der Waals surface area contributed by atoms with E-state index >= 15 is 0 Å². The molecule has 0 saturated carbocycles. The number of methoxy groups -OCH3 is 2. The average Bonchev–Trinajstić information content (AvgIpc) is 2.42. The van der Waals surface area contributed by atoms with Crippen LogP contribution >= 0.6 is 0 Å². The predicted octanol–water partition coefficient (Wildman–Crippen LogP) is 1.95. The van der Waals surface area contributed by atoms with Crippen LogP contribution in [0.4, 0.5) is 0 Å². The molecule has 0 fully saturated rings. The molecule has 0 bridgehead atoms. The fourth-order valence-electron chi connectivity index (χ4n) is 1.69. The molecule has 1 rings (SSSR count). The minimum atomic E-state index is -0.744. The summed E-state index contributed by atoms with van der Waals surface area (Å²) < 4.78 is 21.7. The van der Waals surface area contributed by atoms with Crippen molar-refractivity contribution in [2.75, 3.05) is 27.0 Å². The first-order valence-electron chi connectivity index (χ1n) is 6.32. The monoisotopic (exact) mass is 285 g/mol. The molecule has 0 aliphatic rings. The van der Waals surface area contributed by atoms with E-state index in [9.17, 15) is 4.21 Å². The lowest BCUT2D eigenvalue weighted by Crippen LogP contribution is -2.20. The van der Waals surface area contributed by atoms with Crippen LogP contribution in [0.1, 0.15) is 18.9 Å². The molecule has 2 unspecified atom stereocenters. The van der Waals surface area contributed by atoms with Gasteiger partial charge in [0.2, 0.25) is 0 Å². The highest BCUT2D eigenvalue weighted by molar-refractivity contribution is 7.84. The lowest BCUT2D eigenvalue weighted by molar-refractivity contribution is 0.354. The molecule has 0 saturated heterocycles. The Bertz CT molecular complexity index is 423. The third-order valence-electron chi connectivity index (χ3n) is 3.07. The van der Waals surface area contributed by atoms with E-state index in [-0.39, 0.29) is 5.25 Å². The maximum atomic E-state index is 11.2. The zero-order valence-corrected chi connectivity index (χ0v) is 12.9. The first-order chi connectivity index (χ1) is 9.08. The molecule has 1 aromatic carbocycles. The van der Waals surface area contributed by atoms with Crippen LogP contribution in [0.3, 0.4) is 0 Å². The quantitative estimate of drug-likeness (QED) is 0.742. The molecule has 0 aromatic heterocycles. The Hall–Kier alpha value is -1.07. The predicted molar refractivity (Wildman–Crippen MR) is 79.4 cm³/mol. The molecule has 4 nitrogen and oxygen atoms in total. The van der Waals surface area contributed by atoms with Crippen molar-refractivity contribution in [3.8, 4) is 11.5 Å². The molecule has 1 aromatic rings. The highest BCUT2D eigenvalue weighted by Gasteiger charge is 2.06. The van der Waals surface area contributed by atoms with Gasteiger partial charge in [-0.25, -0.2) is 0 Å². The maximum Gasteiger partial charge on any atom is 0.161 e. The maximum absolute atomic E-state index is 11.2. The summed E-state index contributed by atoms with van der Waals surface area (Å²) >= 11 is 0. The Labute approximate surface area is 118 Å². The Morgan fingerprint density at radius 3 is 2.53 bits per heavy atom. The summed E-state index contributed by atoms with van der Waals surface area (Å²) in [6.45, 7) is 3.63. The van der Waals surface area contributed by atoms with Crippen molar-refractivity contribution >= 4 is 10.8 Å².